The van der Waals surface area contributed by atoms with Crippen LogP contribution in [0.2, 0.25) is 0 Å². The average Bonchev–Trinajstić information content (AvgIpc) is 2.55. The third kappa shape index (κ3) is 3.70. The van der Waals surface area contributed by atoms with E-state index in [1.807, 2.05) is 6.07 Å². The lowest BCUT2D eigenvalue weighted by Gasteiger charge is -2.29. The standard InChI is InChI=1S/C16H15BrF2N4O/c17-10-7-12(18)15(13(19)8-10)16(24)22-14-2-1-11(9-21-14)23-5-3-20-4-6-23/h1-2,7-9,20H,3-6H2,(H,21,22,24). The number of hydrogen-bond donors (Lipinski definition) is 2. The van der Waals surface area contributed by atoms with E-state index in [0.717, 1.165) is 44.0 Å². The van der Waals surface area contributed by atoms with Gasteiger partial charge in [0, 0.05) is 30.7 Å². The molecule has 24 heavy (non-hydrogen) atoms. The van der Waals surface area contributed by atoms with Gasteiger partial charge in [0.05, 0.1) is 11.9 Å². The number of halogens is 3. The van der Waals surface area contributed by atoms with Crippen molar-refractivity contribution in [2.45, 2.75) is 0 Å². The van der Waals surface area contributed by atoms with E-state index in [-0.39, 0.29) is 10.3 Å². The molecule has 2 N–H and O–H groups in total. The van der Waals surface area contributed by atoms with Crippen LogP contribution in [-0.2, 0) is 0 Å². The van der Waals surface area contributed by atoms with Crippen LogP contribution in [0.3, 0.4) is 0 Å². The van der Waals surface area contributed by atoms with Gasteiger partial charge >= 0.3 is 0 Å². The zero-order valence-electron chi connectivity index (χ0n) is 12.7. The Morgan fingerprint density at radius 2 is 1.88 bits per heavy atom. The van der Waals surface area contributed by atoms with E-state index in [2.05, 4.69) is 36.4 Å². The van der Waals surface area contributed by atoms with Crippen molar-refractivity contribution >= 4 is 33.3 Å². The highest BCUT2D eigenvalue weighted by Gasteiger charge is 2.19. The summed E-state index contributed by atoms with van der Waals surface area (Å²) in [6.45, 7) is 3.56. The number of nitrogens with one attached hydrogen (secondary N) is 2. The molecular weight excluding hydrogens is 382 g/mol. The second-order valence-corrected chi connectivity index (χ2v) is 6.25. The predicted octanol–water partition coefficient (Wildman–Crippen LogP) is 2.78. The fourth-order valence-electron chi connectivity index (χ4n) is 2.51. The molecule has 2 heterocycles. The zero-order valence-corrected chi connectivity index (χ0v) is 14.2. The maximum atomic E-state index is 13.8. The molecule has 0 unspecified atom stereocenters. The Labute approximate surface area is 146 Å². The Bertz CT molecular complexity index is 725. The van der Waals surface area contributed by atoms with Crippen LogP contribution in [0.4, 0.5) is 20.3 Å². The fraction of sp³-hybridized carbons (Fsp3) is 0.250. The van der Waals surface area contributed by atoms with E-state index in [4.69, 9.17) is 0 Å². The maximum Gasteiger partial charge on any atom is 0.262 e. The van der Waals surface area contributed by atoms with Crippen molar-refractivity contribution in [1.29, 1.82) is 0 Å². The van der Waals surface area contributed by atoms with E-state index in [9.17, 15) is 13.6 Å². The minimum Gasteiger partial charge on any atom is -0.368 e. The van der Waals surface area contributed by atoms with Gasteiger partial charge in [-0.05, 0) is 24.3 Å². The minimum absolute atomic E-state index is 0.229. The number of nitrogens with zero attached hydrogens (tertiary/aromatic N) is 2. The van der Waals surface area contributed by atoms with Crippen LogP contribution in [0.1, 0.15) is 10.4 Å². The van der Waals surface area contributed by atoms with Gasteiger partial charge in [0.25, 0.3) is 5.91 Å². The number of hydrogen-bond acceptors (Lipinski definition) is 4. The third-order valence-electron chi connectivity index (χ3n) is 3.71. The molecule has 1 aromatic heterocycles. The first kappa shape index (κ1) is 16.8. The molecule has 3 rings (SSSR count). The van der Waals surface area contributed by atoms with Gasteiger partial charge in [0.2, 0.25) is 0 Å². The van der Waals surface area contributed by atoms with Gasteiger partial charge in [0.15, 0.2) is 0 Å². The second-order valence-electron chi connectivity index (χ2n) is 5.34. The summed E-state index contributed by atoms with van der Waals surface area (Å²) in [6.07, 6.45) is 1.63. The van der Waals surface area contributed by atoms with Gasteiger partial charge in [-0.15, -0.1) is 0 Å². The number of amides is 1. The maximum absolute atomic E-state index is 13.8. The largest absolute Gasteiger partial charge is 0.368 e. The quantitative estimate of drug-likeness (QED) is 0.837. The normalized spacial score (nSPS) is 14.5. The van der Waals surface area contributed by atoms with E-state index in [1.54, 1.807) is 12.3 Å². The molecule has 0 bridgehead atoms. The fourth-order valence-corrected chi connectivity index (χ4v) is 2.91. The number of piperazine rings is 1. The highest BCUT2D eigenvalue weighted by molar-refractivity contribution is 9.10. The summed E-state index contributed by atoms with van der Waals surface area (Å²) in [5.41, 5.74) is 0.307. The molecule has 0 radical (unpaired) electrons. The smallest absolute Gasteiger partial charge is 0.262 e. The number of aromatic nitrogens is 1. The van der Waals surface area contributed by atoms with Gasteiger partial charge in [0.1, 0.15) is 23.0 Å². The van der Waals surface area contributed by atoms with Crippen LogP contribution < -0.4 is 15.5 Å². The minimum atomic E-state index is -0.934. The van der Waals surface area contributed by atoms with Gasteiger partial charge in [-0.3, -0.25) is 4.79 Å². The first-order valence-corrected chi connectivity index (χ1v) is 8.21. The molecule has 0 aliphatic carbocycles. The molecule has 0 saturated carbocycles. The van der Waals surface area contributed by atoms with Gasteiger partial charge in [-0.2, -0.15) is 0 Å². The van der Waals surface area contributed by atoms with Crippen molar-refractivity contribution in [2.75, 3.05) is 36.4 Å². The number of benzene rings is 1. The first-order valence-electron chi connectivity index (χ1n) is 7.42. The van der Waals surface area contributed by atoms with E-state index < -0.39 is 23.1 Å². The first-order chi connectivity index (χ1) is 11.5. The van der Waals surface area contributed by atoms with Crippen molar-refractivity contribution in [3.05, 3.63) is 52.1 Å². The molecule has 1 fully saturated rings. The van der Waals surface area contributed by atoms with Crippen LogP contribution in [0, 0.1) is 11.6 Å². The number of carbonyl (C=O) groups excluding carboxylic acids is 1. The molecule has 2 aromatic rings. The third-order valence-corrected chi connectivity index (χ3v) is 4.16. The molecule has 8 heteroatoms. The molecule has 0 spiro atoms. The summed E-state index contributed by atoms with van der Waals surface area (Å²) >= 11 is 2.98. The summed E-state index contributed by atoms with van der Waals surface area (Å²) in [7, 11) is 0. The SMILES string of the molecule is O=C(Nc1ccc(N2CCNCC2)cn1)c1c(F)cc(Br)cc1F. The Kier molecular flexibility index (Phi) is 5.06. The van der Waals surface area contributed by atoms with Crippen LogP contribution in [0.15, 0.2) is 34.9 Å². The number of carbonyl (C=O) groups is 1. The molecule has 126 valence electrons. The molecule has 0 atom stereocenters. The monoisotopic (exact) mass is 396 g/mol. The van der Waals surface area contributed by atoms with Crippen LogP contribution in [0.25, 0.3) is 0 Å². The highest BCUT2D eigenvalue weighted by atomic mass is 79.9. The van der Waals surface area contributed by atoms with Crippen LogP contribution >= 0.6 is 15.9 Å². The molecule has 1 aliphatic heterocycles. The lowest BCUT2D eigenvalue weighted by atomic mass is 10.2. The van der Waals surface area contributed by atoms with Crippen LogP contribution in [-0.4, -0.2) is 37.1 Å². The summed E-state index contributed by atoms with van der Waals surface area (Å²) < 4.78 is 27.8. The van der Waals surface area contributed by atoms with Crippen molar-refractivity contribution in [3.63, 3.8) is 0 Å². The molecule has 5 nitrogen and oxygen atoms in total. The number of anilines is 2. The van der Waals surface area contributed by atoms with E-state index in [1.165, 1.54) is 0 Å². The molecule has 1 saturated heterocycles. The summed E-state index contributed by atoms with van der Waals surface area (Å²) in [5.74, 6) is -2.51. The Morgan fingerprint density at radius 3 is 2.46 bits per heavy atom. The number of rotatable bonds is 3. The average molecular weight is 397 g/mol. The molecule has 1 aliphatic rings. The highest BCUT2D eigenvalue weighted by Crippen LogP contribution is 2.21. The van der Waals surface area contributed by atoms with Gasteiger partial charge in [-0.1, -0.05) is 15.9 Å². The van der Waals surface area contributed by atoms with E-state index >= 15 is 0 Å². The van der Waals surface area contributed by atoms with Crippen molar-refractivity contribution in [3.8, 4) is 0 Å². The predicted molar refractivity (Wildman–Crippen MR) is 91.3 cm³/mol. The lowest BCUT2D eigenvalue weighted by Crippen LogP contribution is -2.43. The van der Waals surface area contributed by atoms with E-state index in [0.29, 0.717) is 0 Å². The summed E-state index contributed by atoms with van der Waals surface area (Å²) in [4.78, 5) is 18.4. The zero-order chi connectivity index (χ0) is 17.1. The summed E-state index contributed by atoms with van der Waals surface area (Å²) in [5, 5.41) is 5.67. The molecule has 1 amide bonds. The molecular formula is C16H15BrF2N4O. The second kappa shape index (κ2) is 7.23. The Morgan fingerprint density at radius 1 is 1.21 bits per heavy atom. The Hall–Kier alpha value is -2.06. The summed E-state index contributed by atoms with van der Waals surface area (Å²) in [6, 6.07) is 5.52. The van der Waals surface area contributed by atoms with Crippen molar-refractivity contribution < 1.29 is 13.6 Å². The topological polar surface area (TPSA) is 57.3 Å². The van der Waals surface area contributed by atoms with Crippen LogP contribution in [0.5, 0.6) is 0 Å². The molecule has 1 aromatic carbocycles. The van der Waals surface area contributed by atoms with Gasteiger partial charge in [-0.25, -0.2) is 13.8 Å². The Balaban J connectivity index is 1.73. The van der Waals surface area contributed by atoms with Crippen molar-refractivity contribution in [1.82, 2.24) is 10.3 Å². The van der Waals surface area contributed by atoms with Crippen molar-refractivity contribution in [2.24, 2.45) is 0 Å². The number of pyridine rings is 1. The van der Waals surface area contributed by atoms with Gasteiger partial charge < -0.3 is 15.5 Å². The lowest BCUT2D eigenvalue weighted by molar-refractivity contribution is 0.101.